The second-order valence-corrected chi connectivity index (χ2v) is 9.52. The summed E-state index contributed by atoms with van der Waals surface area (Å²) in [7, 11) is 1.73. The normalized spacial score (nSPS) is 19.2. The highest BCUT2D eigenvalue weighted by molar-refractivity contribution is 5.78. The van der Waals surface area contributed by atoms with Gasteiger partial charge in [-0.25, -0.2) is 0 Å². The van der Waals surface area contributed by atoms with E-state index in [4.69, 9.17) is 4.74 Å². The standard InChI is InChI=1S/C27H38N2O2/c1-19(2)27(30)29(20(3)4)17-24-16-28(15-23-9-7-8-10-26(23)31-6)18-25(24)22-13-11-21(5)12-14-22/h7-14,19-20,24-25H,15-18H2,1-6H3. The number of aryl methyl sites for hydroxylation is 1. The monoisotopic (exact) mass is 422 g/mol. The molecule has 4 nitrogen and oxygen atoms in total. The van der Waals surface area contributed by atoms with Gasteiger partial charge in [-0.1, -0.05) is 61.9 Å². The van der Waals surface area contributed by atoms with Crippen molar-refractivity contribution in [2.45, 2.75) is 53.1 Å². The van der Waals surface area contributed by atoms with Crippen LogP contribution >= 0.6 is 0 Å². The molecule has 1 amide bonds. The minimum Gasteiger partial charge on any atom is -0.496 e. The van der Waals surface area contributed by atoms with E-state index in [1.165, 1.54) is 16.7 Å². The lowest BCUT2D eigenvalue weighted by molar-refractivity contribution is -0.136. The van der Waals surface area contributed by atoms with Crippen LogP contribution in [-0.2, 0) is 11.3 Å². The molecule has 1 aliphatic heterocycles. The molecule has 0 radical (unpaired) electrons. The predicted octanol–water partition coefficient (Wildman–Crippen LogP) is 5.11. The van der Waals surface area contributed by atoms with E-state index in [2.05, 4.69) is 67.0 Å². The first-order chi connectivity index (χ1) is 14.8. The molecule has 0 bridgehead atoms. The third-order valence-electron chi connectivity index (χ3n) is 6.44. The van der Waals surface area contributed by atoms with E-state index < -0.39 is 0 Å². The number of amides is 1. The van der Waals surface area contributed by atoms with Crippen molar-refractivity contribution < 1.29 is 9.53 Å². The van der Waals surface area contributed by atoms with Gasteiger partial charge in [0.1, 0.15) is 5.75 Å². The summed E-state index contributed by atoms with van der Waals surface area (Å²) in [6, 6.07) is 17.4. The number of hydrogen-bond donors (Lipinski definition) is 0. The summed E-state index contributed by atoms with van der Waals surface area (Å²) < 4.78 is 5.58. The Morgan fingerprint density at radius 2 is 1.74 bits per heavy atom. The van der Waals surface area contributed by atoms with Crippen LogP contribution in [-0.4, -0.2) is 48.5 Å². The molecule has 168 valence electrons. The number of carbonyl (C=O) groups excluding carboxylic acids is 1. The summed E-state index contributed by atoms with van der Waals surface area (Å²) in [6.45, 7) is 14.0. The van der Waals surface area contributed by atoms with Gasteiger partial charge in [0.05, 0.1) is 7.11 Å². The van der Waals surface area contributed by atoms with Crippen LogP contribution in [0.15, 0.2) is 48.5 Å². The fraction of sp³-hybridized carbons (Fsp3) is 0.519. The van der Waals surface area contributed by atoms with Gasteiger partial charge in [0.15, 0.2) is 0 Å². The molecule has 0 spiro atoms. The van der Waals surface area contributed by atoms with Crippen LogP contribution in [0.5, 0.6) is 5.75 Å². The summed E-state index contributed by atoms with van der Waals surface area (Å²) in [5.41, 5.74) is 3.87. The molecule has 2 atom stereocenters. The van der Waals surface area contributed by atoms with Crippen molar-refractivity contribution in [1.29, 1.82) is 0 Å². The molecule has 2 aromatic carbocycles. The smallest absolute Gasteiger partial charge is 0.225 e. The van der Waals surface area contributed by atoms with Gasteiger partial charge in [-0.2, -0.15) is 0 Å². The van der Waals surface area contributed by atoms with Gasteiger partial charge in [0.2, 0.25) is 5.91 Å². The number of likely N-dealkylation sites (tertiary alicyclic amines) is 1. The molecule has 0 aliphatic carbocycles. The van der Waals surface area contributed by atoms with Crippen LogP contribution in [0.2, 0.25) is 0 Å². The Balaban J connectivity index is 1.84. The molecule has 1 heterocycles. The Morgan fingerprint density at radius 1 is 1.06 bits per heavy atom. The molecule has 0 N–H and O–H groups in total. The summed E-state index contributed by atoms with van der Waals surface area (Å²) in [4.78, 5) is 17.5. The Morgan fingerprint density at radius 3 is 2.35 bits per heavy atom. The van der Waals surface area contributed by atoms with E-state index in [0.717, 1.165) is 31.9 Å². The molecule has 0 aromatic heterocycles. The van der Waals surface area contributed by atoms with Gasteiger partial charge < -0.3 is 9.64 Å². The minimum atomic E-state index is 0.0197. The fourth-order valence-corrected chi connectivity index (χ4v) is 4.68. The maximum Gasteiger partial charge on any atom is 0.225 e. The van der Waals surface area contributed by atoms with Crippen molar-refractivity contribution in [3.8, 4) is 5.75 Å². The van der Waals surface area contributed by atoms with E-state index in [1.54, 1.807) is 7.11 Å². The predicted molar refractivity (Wildman–Crippen MR) is 127 cm³/mol. The summed E-state index contributed by atoms with van der Waals surface area (Å²) in [6.07, 6.45) is 0. The van der Waals surface area contributed by atoms with E-state index in [9.17, 15) is 4.79 Å². The van der Waals surface area contributed by atoms with Crippen LogP contribution < -0.4 is 4.74 Å². The van der Waals surface area contributed by atoms with Crippen LogP contribution in [0.1, 0.15) is 50.3 Å². The maximum atomic E-state index is 12.9. The molecule has 4 heteroatoms. The second kappa shape index (κ2) is 10.3. The zero-order valence-electron chi connectivity index (χ0n) is 20.0. The number of nitrogens with zero attached hydrogens (tertiary/aromatic N) is 2. The molecule has 1 aliphatic rings. The van der Waals surface area contributed by atoms with Gasteiger partial charge in [-0.05, 0) is 38.3 Å². The number of rotatable bonds is 8. The zero-order chi connectivity index (χ0) is 22.5. The Labute approximate surface area is 188 Å². The number of benzene rings is 2. The molecule has 3 rings (SSSR count). The Hall–Kier alpha value is -2.33. The van der Waals surface area contributed by atoms with Crippen molar-refractivity contribution in [3.05, 3.63) is 65.2 Å². The number of hydrogen-bond acceptors (Lipinski definition) is 3. The van der Waals surface area contributed by atoms with Crippen molar-refractivity contribution in [2.75, 3.05) is 26.7 Å². The quantitative estimate of drug-likeness (QED) is 0.592. The average Bonchev–Trinajstić information content (AvgIpc) is 3.14. The number of ether oxygens (including phenoxy) is 1. The highest BCUT2D eigenvalue weighted by atomic mass is 16.5. The van der Waals surface area contributed by atoms with Gasteiger partial charge in [-0.15, -0.1) is 0 Å². The second-order valence-electron chi connectivity index (χ2n) is 9.52. The zero-order valence-corrected chi connectivity index (χ0v) is 20.0. The van der Waals surface area contributed by atoms with Crippen molar-refractivity contribution in [2.24, 2.45) is 11.8 Å². The lowest BCUT2D eigenvalue weighted by Crippen LogP contribution is -2.43. The molecular weight excluding hydrogens is 384 g/mol. The highest BCUT2D eigenvalue weighted by Crippen LogP contribution is 2.35. The van der Waals surface area contributed by atoms with Crippen molar-refractivity contribution in [3.63, 3.8) is 0 Å². The summed E-state index contributed by atoms with van der Waals surface area (Å²) in [5, 5.41) is 0. The fourth-order valence-electron chi connectivity index (χ4n) is 4.68. The molecule has 1 fully saturated rings. The SMILES string of the molecule is COc1ccccc1CN1CC(CN(C(=O)C(C)C)C(C)C)C(c2ccc(C)cc2)C1. The van der Waals surface area contributed by atoms with Crippen LogP contribution in [0.4, 0.5) is 0 Å². The molecular formula is C27H38N2O2. The highest BCUT2D eigenvalue weighted by Gasteiger charge is 2.36. The first-order valence-electron chi connectivity index (χ1n) is 11.5. The van der Waals surface area contributed by atoms with E-state index in [-0.39, 0.29) is 17.9 Å². The molecule has 1 saturated heterocycles. The van der Waals surface area contributed by atoms with Gasteiger partial charge in [-0.3, -0.25) is 9.69 Å². The molecule has 31 heavy (non-hydrogen) atoms. The molecule has 0 saturated carbocycles. The third kappa shape index (κ3) is 5.68. The Bertz CT molecular complexity index is 860. The maximum absolute atomic E-state index is 12.9. The van der Waals surface area contributed by atoms with Crippen molar-refractivity contribution in [1.82, 2.24) is 9.80 Å². The lowest BCUT2D eigenvalue weighted by atomic mass is 9.87. The number of methoxy groups -OCH3 is 1. The molecule has 2 aromatic rings. The number of carbonyl (C=O) groups is 1. The largest absolute Gasteiger partial charge is 0.496 e. The van der Waals surface area contributed by atoms with Crippen LogP contribution in [0, 0.1) is 18.8 Å². The van der Waals surface area contributed by atoms with E-state index >= 15 is 0 Å². The first-order valence-corrected chi connectivity index (χ1v) is 11.5. The number of para-hydroxylation sites is 1. The average molecular weight is 423 g/mol. The molecule has 2 unspecified atom stereocenters. The summed E-state index contributed by atoms with van der Waals surface area (Å²) >= 11 is 0. The topological polar surface area (TPSA) is 32.8 Å². The Kier molecular flexibility index (Phi) is 7.77. The third-order valence-corrected chi connectivity index (χ3v) is 6.44. The van der Waals surface area contributed by atoms with Gasteiger partial charge in [0.25, 0.3) is 0 Å². The lowest BCUT2D eigenvalue weighted by Gasteiger charge is -2.33. The summed E-state index contributed by atoms with van der Waals surface area (Å²) in [5.74, 6) is 2.03. The van der Waals surface area contributed by atoms with E-state index in [1.807, 2.05) is 26.0 Å². The van der Waals surface area contributed by atoms with Gasteiger partial charge >= 0.3 is 0 Å². The van der Waals surface area contributed by atoms with Gasteiger partial charge in [0, 0.05) is 49.6 Å². The van der Waals surface area contributed by atoms with Crippen LogP contribution in [0.25, 0.3) is 0 Å². The van der Waals surface area contributed by atoms with E-state index in [0.29, 0.717) is 11.8 Å². The van der Waals surface area contributed by atoms with Crippen LogP contribution in [0.3, 0.4) is 0 Å². The minimum absolute atomic E-state index is 0.0197. The first kappa shape index (κ1) is 23.3. The van der Waals surface area contributed by atoms with Crippen molar-refractivity contribution >= 4 is 5.91 Å².